The Hall–Kier alpha value is -0.710. The molecular formula is C12H20N2OS. The molecule has 0 spiro atoms. The molecule has 3 N–H and O–H groups in total. The number of hydrazine groups is 1. The zero-order chi connectivity index (χ0) is 11.8. The second-order valence-electron chi connectivity index (χ2n) is 3.54. The second kappa shape index (κ2) is 7.54. The maximum absolute atomic E-state index is 5.55. The normalized spacial score (nSPS) is 12.4. The van der Waals surface area contributed by atoms with Gasteiger partial charge in [0.25, 0.3) is 0 Å². The Morgan fingerprint density at radius 1 is 1.44 bits per heavy atom. The lowest BCUT2D eigenvalue weighted by Gasteiger charge is -2.16. The van der Waals surface area contributed by atoms with Gasteiger partial charge in [-0.25, -0.2) is 0 Å². The van der Waals surface area contributed by atoms with Gasteiger partial charge < -0.3 is 4.74 Å². The van der Waals surface area contributed by atoms with Crippen LogP contribution >= 0.6 is 11.8 Å². The number of hydrogen-bond donors (Lipinski definition) is 2. The van der Waals surface area contributed by atoms with Crippen LogP contribution in [-0.2, 0) is 6.42 Å². The summed E-state index contributed by atoms with van der Waals surface area (Å²) in [6, 6.07) is 8.36. The van der Waals surface area contributed by atoms with E-state index in [1.807, 2.05) is 30.0 Å². The van der Waals surface area contributed by atoms with E-state index >= 15 is 0 Å². The van der Waals surface area contributed by atoms with E-state index in [0.717, 1.165) is 23.7 Å². The molecule has 4 heteroatoms. The predicted octanol–water partition coefficient (Wildman–Crippen LogP) is 1.82. The van der Waals surface area contributed by atoms with Gasteiger partial charge in [0, 0.05) is 11.8 Å². The number of thioether (sulfide) groups is 1. The minimum absolute atomic E-state index is 0.293. The standard InChI is InChI=1S/C12H20N2OS/c1-3-16-9-11(14-13)8-10-6-4-5-7-12(10)15-2/h4-7,11,14H,3,8-9,13H2,1-2H3. The fraction of sp³-hybridized carbons (Fsp3) is 0.500. The summed E-state index contributed by atoms with van der Waals surface area (Å²) in [5.41, 5.74) is 4.06. The molecule has 1 aromatic carbocycles. The van der Waals surface area contributed by atoms with Gasteiger partial charge in [-0.1, -0.05) is 25.1 Å². The Morgan fingerprint density at radius 3 is 2.81 bits per heavy atom. The summed E-state index contributed by atoms with van der Waals surface area (Å²) in [4.78, 5) is 0. The SMILES string of the molecule is CCSCC(Cc1ccccc1OC)NN. The Bertz CT molecular complexity index is 307. The number of para-hydroxylation sites is 1. The first-order valence-electron chi connectivity index (χ1n) is 5.47. The van der Waals surface area contributed by atoms with Gasteiger partial charge in [-0.3, -0.25) is 11.3 Å². The highest BCUT2D eigenvalue weighted by atomic mass is 32.2. The van der Waals surface area contributed by atoms with Crippen LogP contribution in [0.2, 0.25) is 0 Å². The largest absolute Gasteiger partial charge is 0.496 e. The molecule has 3 nitrogen and oxygen atoms in total. The van der Waals surface area contributed by atoms with Crippen molar-refractivity contribution in [2.24, 2.45) is 5.84 Å². The quantitative estimate of drug-likeness (QED) is 0.564. The van der Waals surface area contributed by atoms with Gasteiger partial charge in [0.05, 0.1) is 7.11 Å². The van der Waals surface area contributed by atoms with E-state index < -0.39 is 0 Å². The number of rotatable bonds is 7. The molecule has 1 atom stereocenters. The maximum atomic E-state index is 5.55. The first-order chi connectivity index (χ1) is 7.81. The number of ether oxygens (including phenoxy) is 1. The van der Waals surface area contributed by atoms with E-state index in [4.69, 9.17) is 10.6 Å². The highest BCUT2D eigenvalue weighted by Gasteiger charge is 2.10. The predicted molar refractivity (Wildman–Crippen MR) is 70.8 cm³/mol. The first kappa shape index (κ1) is 13.4. The maximum Gasteiger partial charge on any atom is 0.122 e. The summed E-state index contributed by atoms with van der Waals surface area (Å²) in [6.45, 7) is 2.15. The number of nitrogens with two attached hydrogens (primary N) is 1. The van der Waals surface area contributed by atoms with E-state index in [2.05, 4.69) is 18.4 Å². The molecule has 16 heavy (non-hydrogen) atoms. The number of benzene rings is 1. The molecule has 0 aromatic heterocycles. The van der Waals surface area contributed by atoms with Crippen molar-refractivity contribution in [3.05, 3.63) is 29.8 Å². The third-order valence-corrected chi connectivity index (χ3v) is 3.46. The van der Waals surface area contributed by atoms with Crippen LogP contribution < -0.4 is 16.0 Å². The molecule has 0 bridgehead atoms. The Labute approximate surface area is 102 Å². The van der Waals surface area contributed by atoms with Crippen LogP contribution in [0.3, 0.4) is 0 Å². The van der Waals surface area contributed by atoms with Crippen LogP contribution in [0.4, 0.5) is 0 Å². The van der Waals surface area contributed by atoms with E-state index in [-0.39, 0.29) is 0 Å². The summed E-state index contributed by atoms with van der Waals surface area (Å²) in [5, 5.41) is 0. The Kier molecular flexibility index (Phi) is 6.30. The van der Waals surface area contributed by atoms with Crippen LogP contribution in [0.15, 0.2) is 24.3 Å². The van der Waals surface area contributed by atoms with Crippen LogP contribution in [0.5, 0.6) is 5.75 Å². The van der Waals surface area contributed by atoms with Gasteiger partial charge in [0.15, 0.2) is 0 Å². The van der Waals surface area contributed by atoms with Gasteiger partial charge in [-0.2, -0.15) is 11.8 Å². The summed E-state index contributed by atoms with van der Waals surface area (Å²) >= 11 is 1.89. The lowest BCUT2D eigenvalue weighted by atomic mass is 10.1. The minimum Gasteiger partial charge on any atom is -0.496 e. The molecule has 0 heterocycles. The van der Waals surface area contributed by atoms with Crippen molar-refractivity contribution in [1.29, 1.82) is 0 Å². The average Bonchev–Trinajstić information content (AvgIpc) is 2.34. The highest BCUT2D eigenvalue weighted by molar-refractivity contribution is 7.99. The topological polar surface area (TPSA) is 47.3 Å². The van der Waals surface area contributed by atoms with Crippen molar-refractivity contribution in [2.45, 2.75) is 19.4 Å². The van der Waals surface area contributed by atoms with Gasteiger partial charge in [-0.15, -0.1) is 0 Å². The van der Waals surface area contributed by atoms with Crippen LogP contribution in [0, 0.1) is 0 Å². The molecule has 1 aromatic rings. The van der Waals surface area contributed by atoms with Crippen molar-refractivity contribution in [3.8, 4) is 5.75 Å². The average molecular weight is 240 g/mol. The Balaban J connectivity index is 2.62. The van der Waals surface area contributed by atoms with E-state index in [9.17, 15) is 0 Å². The van der Waals surface area contributed by atoms with Gasteiger partial charge in [0.1, 0.15) is 5.75 Å². The molecule has 0 saturated heterocycles. The summed E-state index contributed by atoms with van der Waals surface area (Å²) in [6.07, 6.45) is 0.896. The van der Waals surface area contributed by atoms with E-state index in [0.29, 0.717) is 6.04 Å². The van der Waals surface area contributed by atoms with Crippen LogP contribution in [0.25, 0.3) is 0 Å². The number of nitrogens with one attached hydrogen (secondary N) is 1. The minimum atomic E-state index is 0.293. The molecule has 0 aliphatic carbocycles. The van der Waals surface area contributed by atoms with Crippen molar-refractivity contribution in [3.63, 3.8) is 0 Å². The molecule has 0 aliphatic heterocycles. The molecule has 1 rings (SSSR count). The number of hydrogen-bond acceptors (Lipinski definition) is 4. The summed E-state index contributed by atoms with van der Waals surface area (Å²) in [7, 11) is 1.70. The van der Waals surface area contributed by atoms with Crippen molar-refractivity contribution >= 4 is 11.8 Å². The fourth-order valence-corrected chi connectivity index (χ4v) is 2.30. The lowest BCUT2D eigenvalue weighted by Crippen LogP contribution is -2.38. The summed E-state index contributed by atoms with van der Waals surface area (Å²) < 4.78 is 5.32. The smallest absolute Gasteiger partial charge is 0.122 e. The third kappa shape index (κ3) is 4.04. The first-order valence-corrected chi connectivity index (χ1v) is 6.63. The molecular weight excluding hydrogens is 220 g/mol. The van der Waals surface area contributed by atoms with Gasteiger partial charge in [0.2, 0.25) is 0 Å². The summed E-state index contributed by atoms with van der Waals surface area (Å²) in [5.74, 6) is 8.62. The molecule has 90 valence electrons. The van der Waals surface area contributed by atoms with Crippen molar-refractivity contribution in [2.75, 3.05) is 18.6 Å². The highest BCUT2D eigenvalue weighted by Crippen LogP contribution is 2.19. The molecule has 0 saturated carbocycles. The molecule has 0 radical (unpaired) electrons. The molecule has 0 fully saturated rings. The van der Waals surface area contributed by atoms with Crippen LogP contribution in [0.1, 0.15) is 12.5 Å². The van der Waals surface area contributed by atoms with Crippen molar-refractivity contribution in [1.82, 2.24) is 5.43 Å². The van der Waals surface area contributed by atoms with Crippen LogP contribution in [-0.4, -0.2) is 24.7 Å². The fourth-order valence-electron chi connectivity index (χ4n) is 1.56. The zero-order valence-electron chi connectivity index (χ0n) is 9.90. The molecule has 0 aliphatic rings. The Morgan fingerprint density at radius 2 is 2.19 bits per heavy atom. The van der Waals surface area contributed by atoms with E-state index in [1.54, 1.807) is 7.11 Å². The van der Waals surface area contributed by atoms with Gasteiger partial charge in [-0.05, 0) is 23.8 Å². The monoisotopic (exact) mass is 240 g/mol. The zero-order valence-corrected chi connectivity index (χ0v) is 10.7. The van der Waals surface area contributed by atoms with Gasteiger partial charge >= 0.3 is 0 Å². The second-order valence-corrected chi connectivity index (χ2v) is 4.86. The van der Waals surface area contributed by atoms with Crippen molar-refractivity contribution < 1.29 is 4.74 Å². The number of methoxy groups -OCH3 is 1. The molecule has 1 unspecified atom stereocenters. The third-order valence-electron chi connectivity index (χ3n) is 2.42. The lowest BCUT2D eigenvalue weighted by molar-refractivity contribution is 0.406. The molecule has 0 amide bonds. The van der Waals surface area contributed by atoms with E-state index in [1.165, 1.54) is 5.56 Å².